The van der Waals surface area contributed by atoms with Crippen molar-refractivity contribution < 1.29 is 28.4 Å². The van der Waals surface area contributed by atoms with E-state index in [0.29, 0.717) is 19.8 Å². The van der Waals surface area contributed by atoms with Crippen molar-refractivity contribution >= 4 is 8.25 Å². The summed E-state index contributed by atoms with van der Waals surface area (Å²) in [6.45, 7) is 16.8. The molecule has 0 saturated heterocycles. The zero-order chi connectivity index (χ0) is 35.6. The van der Waals surface area contributed by atoms with E-state index in [1.165, 1.54) is 187 Å². The predicted molar refractivity (Wildman–Crippen MR) is 207 cm³/mol. The second kappa shape index (κ2) is 44.9. The second-order valence-corrected chi connectivity index (χ2v) is 14.8. The van der Waals surface area contributed by atoms with Crippen LogP contribution in [0.5, 0.6) is 0 Å². The van der Waals surface area contributed by atoms with E-state index in [-0.39, 0.29) is 12.7 Å². The third-order valence-corrected chi connectivity index (χ3v) is 10.0. The molecule has 7 heteroatoms. The minimum absolute atomic E-state index is 0.0516. The van der Waals surface area contributed by atoms with E-state index >= 15 is 0 Å². The van der Waals surface area contributed by atoms with Gasteiger partial charge in [-0.3, -0.25) is 0 Å². The fourth-order valence-corrected chi connectivity index (χ4v) is 6.49. The van der Waals surface area contributed by atoms with Crippen molar-refractivity contribution in [3.05, 3.63) is 0 Å². The molecular weight excluding hydrogens is 617 g/mol. The molecule has 0 aromatic rings. The summed E-state index contributed by atoms with van der Waals surface area (Å²) in [5.41, 5.74) is 0. The van der Waals surface area contributed by atoms with Crippen molar-refractivity contribution in [1.29, 1.82) is 0 Å². The Hall–Kier alpha value is -0.100. The molecule has 0 aromatic carbocycles. The van der Waals surface area contributed by atoms with Gasteiger partial charge >= 0.3 is 8.25 Å². The summed E-state index contributed by atoms with van der Waals surface area (Å²) >= 11 is 0. The Labute approximate surface area is 302 Å². The van der Waals surface area contributed by atoms with Crippen LogP contribution in [0, 0.1) is 0 Å². The standard InChI is InChI=1S/C35H71O5P.C6H15N/c1-3-5-7-9-11-13-15-17-19-21-23-25-27-29-31-38-33-35(34-40-41(36)37)39-32-30-28-26-24-22-20-18-16-14-12-10-8-6-4-2;1-4-7(5-2)6-3/h35H,3-34H2,1-2H3;4-6H2,1-3H3/p+1. The molecule has 0 aliphatic rings. The van der Waals surface area contributed by atoms with Gasteiger partial charge in [-0.25, -0.2) is 0 Å². The van der Waals surface area contributed by atoms with Crippen molar-refractivity contribution in [2.24, 2.45) is 0 Å². The molecule has 0 aromatic heterocycles. The molecule has 0 aliphatic heterocycles. The van der Waals surface area contributed by atoms with E-state index in [1.807, 2.05) is 0 Å². The topological polar surface area (TPSA) is 72.3 Å². The first kappa shape index (κ1) is 50.0. The summed E-state index contributed by atoms with van der Waals surface area (Å²) < 4.78 is 27.4. The Morgan fingerprint density at radius 1 is 0.458 bits per heavy atom. The molecule has 0 rings (SSSR count). The highest BCUT2D eigenvalue weighted by molar-refractivity contribution is 7.30. The zero-order valence-corrected chi connectivity index (χ0v) is 34.2. The molecule has 1 N–H and O–H groups in total. The number of unbranched alkanes of at least 4 members (excludes halogenated alkanes) is 26. The molecule has 6 nitrogen and oxygen atoms in total. The average Bonchev–Trinajstić information content (AvgIpc) is 3.09. The predicted octanol–water partition coefficient (Wildman–Crippen LogP) is 11.3. The Morgan fingerprint density at radius 2 is 0.771 bits per heavy atom. The Morgan fingerprint density at radius 3 is 1.06 bits per heavy atom. The number of ether oxygens (including phenoxy) is 2. The van der Waals surface area contributed by atoms with E-state index in [2.05, 4.69) is 34.6 Å². The van der Waals surface area contributed by atoms with Gasteiger partial charge in [0.25, 0.3) is 0 Å². The van der Waals surface area contributed by atoms with Crippen LogP contribution >= 0.6 is 8.25 Å². The summed E-state index contributed by atoms with van der Waals surface area (Å²) in [6.07, 6.45) is 37.2. The molecule has 48 heavy (non-hydrogen) atoms. The van der Waals surface area contributed by atoms with Gasteiger partial charge in [0.2, 0.25) is 0 Å². The van der Waals surface area contributed by atoms with E-state index < -0.39 is 8.25 Å². The van der Waals surface area contributed by atoms with Crippen LogP contribution in [0.1, 0.15) is 214 Å². The van der Waals surface area contributed by atoms with E-state index in [9.17, 15) is 9.46 Å². The average molecular weight is 705 g/mol. The largest absolute Gasteiger partial charge is 0.566 e. The molecule has 2 atom stereocenters. The summed E-state index contributed by atoms with van der Waals surface area (Å²) in [5, 5.41) is 0. The highest BCUT2D eigenvalue weighted by Gasteiger charge is 2.14. The van der Waals surface area contributed by atoms with Crippen LogP contribution in [-0.2, 0) is 18.6 Å². The maximum absolute atomic E-state index is 10.9. The normalized spacial score (nSPS) is 12.4. The van der Waals surface area contributed by atoms with Crippen LogP contribution in [0.4, 0.5) is 0 Å². The quantitative estimate of drug-likeness (QED) is 0.0509. The lowest BCUT2D eigenvalue weighted by molar-refractivity contribution is -0.894. The van der Waals surface area contributed by atoms with Crippen molar-refractivity contribution in [2.75, 3.05) is 46.1 Å². The van der Waals surface area contributed by atoms with Crippen molar-refractivity contribution in [3.63, 3.8) is 0 Å². The number of rotatable bonds is 39. The number of hydrogen-bond acceptors (Lipinski definition) is 5. The third-order valence-electron chi connectivity index (χ3n) is 9.66. The van der Waals surface area contributed by atoms with Crippen LogP contribution in [0.2, 0.25) is 0 Å². The van der Waals surface area contributed by atoms with Crippen molar-refractivity contribution in [2.45, 2.75) is 221 Å². The first-order valence-corrected chi connectivity index (χ1v) is 22.4. The molecule has 0 heterocycles. The fraction of sp³-hybridized carbons (Fsp3) is 1.00. The highest BCUT2D eigenvalue weighted by Crippen LogP contribution is 2.15. The first-order valence-electron chi connectivity index (χ1n) is 21.4. The van der Waals surface area contributed by atoms with Crippen LogP contribution < -0.4 is 9.79 Å². The van der Waals surface area contributed by atoms with Crippen LogP contribution in [-0.4, -0.2) is 52.2 Å². The Kier molecular flexibility index (Phi) is 46.8. The highest BCUT2D eigenvalue weighted by atomic mass is 31.1. The smallest absolute Gasteiger partial charge is 0.488 e. The lowest BCUT2D eigenvalue weighted by Gasteiger charge is -2.16. The Bertz CT molecular complexity index is 588. The van der Waals surface area contributed by atoms with Gasteiger partial charge in [0.1, 0.15) is 12.7 Å². The van der Waals surface area contributed by atoms with Gasteiger partial charge in [-0.15, -0.1) is 4.52 Å². The van der Waals surface area contributed by atoms with E-state index in [4.69, 9.17) is 14.0 Å². The lowest BCUT2D eigenvalue weighted by atomic mass is 10.0. The monoisotopic (exact) mass is 705 g/mol. The van der Waals surface area contributed by atoms with E-state index in [1.54, 1.807) is 4.90 Å². The lowest BCUT2D eigenvalue weighted by Crippen LogP contribution is -3.11. The molecule has 290 valence electrons. The van der Waals surface area contributed by atoms with Gasteiger partial charge in [-0.1, -0.05) is 181 Å². The van der Waals surface area contributed by atoms with Crippen molar-refractivity contribution in [3.8, 4) is 0 Å². The summed E-state index contributed by atoms with van der Waals surface area (Å²) in [6, 6.07) is 0. The maximum Gasteiger partial charge on any atom is 0.488 e. The SMILES string of the molecule is CCCCCCCCCCCCCCCCOCC(CO[P+](=O)[O-])OCCCCCCCCCCCCCCCC.CC[NH+](CC)CC. The van der Waals surface area contributed by atoms with E-state index in [0.717, 1.165) is 12.8 Å². The molecule has 0 spiro atoms. The molecule has 0 amide bonds. The number of nitrogens with one attached hydrogen (secondary N) is 1. The van der Waals surface area contributed by atoms with Crippen LogP contribution in [0.25, 0.3) is 0 Å². The van der Waals surface area contributed by atoms with Crippen LogP contribution in [0.3, 0.4) is 0 Å². The minimum Gasteiger partial charge on any atom is -0.566 e. The maximum atomic E-state index is 10.9. The molecule has 0 fully saturated rings. The second-order valence-electron chi connectivity index (χ2n) is 14.1. The van der Waals surface area contributed by atoms with Crippen LogP contribution in [0.15, 0.2) is 0 Å². The van der Waals surface area contributed by atoms with Gasteiger partial charge in [0, 0.05) is 13.2 Å². The van der Waals surface area contributed by atoms with Crippen molar-refractivity contribution in [1.82, 2.24) is 0 Å². The summed E-state index contributed by atoms with van der Waals surface area (Å²) in [7, 11) is -2.85. The molecular formula is C41H87NO5P+. The number of quaternary nitrogens is 1. The minimum atomic E-state index is -2.85. The van der Waals surface area contributed by atoms with Gasteiger partial charge in [-0.05, 0) is 38.2 Å². The molecule has 0 bridgehead atoms. The molecule has 2 unspecified atom stereocenters. The van der Waals surface area contributed by atoms with Gasteiger partial charge in [0.05, 0.1) is 26.2 Å². The van der Waals surface area contributed by atoms with Gasteiger partial charge < -0.3 is 19.3 Å². The van der Waals surface area contributed by atoms with Gasteiger partial charge in [-0.2, -0.15) is 0 Å². The molecule has 0 radical (unpaired) electrons. The molecule has 0 saturated carbocycles. The molecule has 0 aliphatic carbocycles. The fourth-order valence-electron chi connectivity index (χ4n) is 6.20. The first-order chi connectivity index (χ1) is 23.5. The summed E-state index contributed by atoms with van der Waals surface area (Å²) in [5.74, 6) is 0. The Balaban J connectivity index is 0. The summed E-state index contributed by atoms with van der Waals surface area (Å²) in [4.78, 5) is 12.5. The third kappa shape index (κ3) is 43.9. The zero-order valence-electron chi connectivity index (χ0n) is 33.3. The van der Waals surface area contributed by atoms with Gasteiger partial charge in [0.15, 0.2) is 0 Å². The number of hydrogen-bond donors (Lipinski definition) is 1.